The summed E-state index contributed by atoms with van der Waals surface area (Å²) in [6.07, 6.45) is -0.0830. The highest BCUT2D eigenvalue weighted by molar-refractivity contribution is 5.30. The molecule has 94 valence electrons. The zero-order valence-electron chi connectivity index (χ0n) is 10.2. The van der Waals surface area contributed by atoms with Crippen LogP contribution in [0.25, 0.3) is 0 Å². The Bertz CT molecular complexity index is 384. The maximum Gasteiger partial charge on any atom is 0.165 e. The quantitative estimate of drug-likeness (QED) is 0.857. The zero-order chi connectivity index (χ0) is 12.3. The summed E-state index contributed by atoms with van der Waals surface area (Å²) < 4.78 is 24.2. The van der Waals surface area contributed by atoms with Crippen LogP contribution in [0, 0.1) is 11.7 Å². The van der Waals surface area contributed by atoms with Gasteiger partial charge in [-0.3, -0.25) is 0 Å². The summed E-state index contributed by atoms with van der Waals surface area (Å²) in [6.45, 7) is 4.49. The van der Waals surface area contributed by atoms with Crippen molar-refractivity contribution in [2.45, 2.75) is 13.0 Å². The van der Waals surface area contributed by atoms with Crippen LogP contribution in [0.2, 0.25) is 0 Å². The molecule has 1 aliphatic heterocycles. The molecule has 0 radical (unpaired) electrons. The van der Waals surface area contributed by atoms with Gasteiger partial charge in [-0.15, -0.1) is 0 Å². The SMILES string of the molecule is COc1ccc(C2CNCC(C)CO2)cc1F. The largest absolute Gasteiger partial charge is 0.494 e. The van der Waals surface area contributed by atoms with Crippen LogP contribution in [-0.2, 0) is 4.74 Å². The number of hydrogen-bond acceptors (Lipinski definition) is 3. The monoisotopic (exact) mass is 239 g/mol. The third-order valence-electron chi connectivity index (χ3n) is 2.95. The van der Waals surface area contributed by atoms with E-state index in [-0.39, 0.29) is 17.7 Å². The van der Waals surface area contributed by atoms with Crippen molar-refractivity contribution in [3.63, 3.8) is 0 Å². The van der Waals surface area contributed by atoms with Crippen LogP contribution in [0.4, 0.5) is 4.39 Å². The second-order valence-electron chi connectivity index (χ2n) is 4.48. The average Bonchev–Trinajstić information content (AvgIpc) is 2.54. The molecule has 1 fully saturated rings. The average molecular weight is 239 g/mol. The van der Waals surface area contributed by atoms with E-state index in [2.05, 4.69) is 12.2 Å². The lowest BCUT2D eigenvalue weighted by Crippen LogP contribution is -2.22. The van der Waals surface area contributed by atoms with Crippen LogP contribution >= 0.6 is 0 Å². The van der Waals surface area contributed by atoms with Crippen molar-refractivity contribution in [1.82, 2.24) is 5.32 Å². The Morgan fingerprint density at radius 1 is 1.41 bits per heavy atom. The predicted molar refractivity (Wildman–Crippen MR) is 63.7 cm³/mol. The van der Waals surface area contributed by atoms with Gasteiger partial charge in [0.15, 0.2) is 11.6 Å². The summed E-state index contributed by atoms with van der Waals surface area (Å²) in [7, 11) is 1.46. The topological polar surface area (TPSA) is 30.5 Å². The van der Waals surface area contributed by atoms with E-state index < -0.39 is 0 Å². The van der Waals surface area contributed by atoms with Crippen LogP contribution in [-0.4, -0.2) is 26.8 Å². The highest BCUT2D eigenvalue weighted by atomic mass is 19.1. The molecule has 1 aliphatic rings. The Balaban J connectivity index is 2.13. The van der Waals surface area contributed by atoms with E-state index in [1.165, 1.54) is 13.2 Å². The minimum Gasteiger partial charge on any atom is -0.494 e. The molecule has 1 aromatic carbocycles. The number of hydrogen-bond donors (Lipinski definition) is 1. The lowest BCUT2D eigenvalue weighted by Gasteiger charge is -2.16. The molecule has 0 aliphatic carbocycles. The number of halogens is 1. The zero-order valence-corrected chi connectivity index (χ0v) is 10.2. The van der Waals surface area contributed by atoms with Crippen molar-refractivity contribution in [1.29, 1.82) is 0 Å². The Hall–Kier alpha value is -1.13. The van der Waals surface area contributed by atoms with Gasteiger partial charge >= 0.3 is 0 Å². The van der Waals surface area contributed by atoms with E-state index in [0.29, 0.717) is 12.5 Å². The van der Waals surface area contributed by atoms with Crippen molar-refractivity contribution in [2.75, 3.05) is 26.8 Å². The van der Waals surface area contributed by atoms with Gasteiger partial charge in [-0.05, 0) is 23.6 Å². The normalized spacial score (nSPS) is 25.4. The highest BCUT2D eigenvalue weighted by Crippen LogP contribution is 2.25. The van der Waals surface area contributed by atoms with E-state index in [0.717, 1.165) is 18.7 Å². The summed E-state index contributed by atoms with van der Waals surface area (Å²) in [4.78, 5) is 0. The Morgan fingerprint density at radius 3 is 2.94 bits per heavy atom. The van der Waals surface area contributed by atoms with Crippen molar-refractivity contribution in [3.05, 3.63) is 29.6 Å². The first-order valence-corrected chi connectivity index (χ1v) is 5.86. The lowest BCUT2D eigenvalue weighted by atomic mass is 10.1. The molecule has 4 heteroatoms. The van der Waals surface area contributed by atoms with Crippen LogP contribution in [0.1, 0.15) is 18.6 Å². The fourth-order valence-electron chi connectivity index (χ4n) is 1.96. The van der Waals surface area contributed by atoms with Crippen molar-refractivity contribution >= 4 is 0 Å². The maximum absolute atomic E-state index is 13.6. The van der Waals surface area contributed by atoms with Crippen LogP contribution < -0.4 is 10.1 Å². The Labute approximate surface area is 101 Å². The van der Waals surface area contributed by atoms with Gasteiger partial charge in [0.25, 0.3) is 0 Å². The van der Waals surface area contributed by atoms with E-state index in [4.69, 9.17) is 9.47 Å². The van der Waals surface area contributed by atoms with Crippen molar-refractivity contribution in [3.8, 4) is 5.75 Å². The van der Waals surface area contributed by atoms with Gasteiger partial charge in [0, 0.05) is 13.1 Å². The van der Waals surface area contributed by atoms with Gasteiger partial charge < -0.3 is 14.8 Å². The molecular formula is C13H18FNO2. The fourth-order valence-corrected chi connectivity index (χ4v) is 1.96. The van der Waals surface area contributed by atoms with Crippen LogP contribution in [0.5, 0.6) is 5.75 Å². The maximum atomic E-state index is 13.6. The second-order valence-corrected chi connectivity index (χ2v) is 4.48. The molecule has 0 spiro atoms. The molecule has 0 aromatic heterocycles. The molecular weight excluding hydrogens is 221 g/mol. The molecule has 0 saturated carbocycles. The standard InChI is InChI=1S/C13H18FNO2/c1-9-6-15-7-13(17-8-9)10-3-4-12(16-2)11(14)5-10/h3-5,9,13,15H,6-8H2,1-2H3. The number of benzene rings is 1. The minimum atomic E-state index is -0.342. The molecule has 3 nitrogen and oxygen atoms in total. The molecule has 1 heterocycles. The van der Waals surface area contributed by atoms with E-state index in [9.17, 15) is 4.39 Å². The van der Waals surface area contributed by atoms with Crippen LogP contribution in [0.3, 0.4) is 0 Å². The van der Waals surface area contributed by atoms with E-state index in [1.807, 2.05) is 6.07 Å². The molecule has 0 bridgehead atoms. The first-order chi connectivity index (χ1) is 8.20. The Kier molecular flexibility index (Phi) is 3.97. The number of methoxy groups -OCH3 is 1. The molecule has 17 heavy (non-hydrogen) atoms. The summed E-state index contributed by atoms with van der Waals surface area (Å²) in [6, 6.07) is 4.98. The van der Waals surface area contributed by atoms with Crippen molar-refractivity contribution < 1.29 is 13.9 Å². The third-order valence-corrected chi connectivity index (χ3v) is 2.95. The number of ether oxygens (including phenoxy) is 2. The van der Waals surface area contributed by atoms with Gasteiger partial charge in [-0.2, -0.15) is 0 Å². The molecule has 2 rings (SSSR count). The summed E-state index contributed by atoms with van der Waals surface area (Å²) in [5.74, 6) is 0.415. The Morgan fingerprint density at radius 2 is 2.24 bits per heavy atom. The molecule has 2 unspecified atom stereocenters. The molecule has 0 amide bonds. The van der Waals surface area contributed by atoms with Crippen molar-refractivity contribution in [2.24, 2.45) is 5.92 Å². The smallest absolute Gasteiger partial charge is 0.165 e. The van der Waals surface area contributed by atoms with Gasteiger partial charge in [-0.1, -0.05) is 13.0 Å². The first kappa shape index (κ1) is 12.3. The van der Waals surface area contributed by atoms with E-state index in [1.54, 1.807) is 6.07 Å². The third kappa shape index (κ3) is 2.96. The fraction of sp³-hybridized carbons (Fsp3) is 0.538. The van der Waals surface area contributed by atoms with Gasteiger partial charge in [0.1, 0.15) is 0 Å². The minimum absolute atomic E-state index is 0.0830. The lowest BCUT2D eigenvalue weighted by molar-refractivity contribution is 0.0513. The van der Waals surface area contributed by atoms with Crippen LogP contribution in [0.15, 0.2) is 18.2 Å². The number of rotatable bonds is 2. The van der Waals surface area contributed by atoms with E-state index >= 15 is 0 Å². The summed E-state index contributed by atoms with van der Waals surface area (Å²) in [5.41, 5.74) is 0.852. The summed E-state index contributed by atoms with van der Waals surface area (Å²) >= 11 is 0. The molecule has 2 atom stereocenters. The first-order valence-electron chi connectivity index (χ1n) is 5.86. The second kappa shape index (κ2) is 5.47. The highest BCUT2D eigenvalue weighted by Gasteiger charge is 2.19. The number of nitrogens with one attached hydrogen (secondary N) is 1. The molecule has 1 aromatic rings. The molecule has 1 N–H and O–H groups in total. The predicted octanol–water partition coefficient (Wildman–Crippen LogP) is 2.13. The summed E-state index contributed by atoms with van der Waals surface area (Å²) in [5, 5.41) is 3.31. The van der Waals surface area contributed by atoms with Gasteiger partial charge in [0.05, 0.1) is 19.8 Å². The molecule has 1 saturated heterocycles. The van der Waals surface area contributed by atoms with Gasteiger partial charge in [-0.25, -0.2) is 4.39 Å². The van der Waals surface area contributed by atoms with Gasteiger partial charge in [0.2, 0.25) is 0 Å².